The lowest BCUT2D eigenvalue weighted by molar-refractivity contribution is -0.135. The Labute approximate surface area is 104 Å². The van der Waals surface area contributed by atoms with Crippen LogP contribution in [0, 0.1) is 0 Å². The van der Waals surface area contributed by atoms with Crippen molar-refractivity contribution in [3.05, 3.63) is 29.3 Å². The zero-order valence-electron chi connectivity index (χ0n) is 9.55. The molecule has 0 aliphatic heterocycles. The number of nitrogens with zero attached hydrogens (tertiary/aromatic N) is 2. The smallest absolute Gasteiger partial charge is 0.324 e. The highest BCUT2D eigenvalue weighted by molar-refractivity contribution is 6.30. The number of urea groups is 1. The summed E-state index contributed by atoms with van der Waals surface area (Å²) in [6, 6.07) is 6.09. The molecule has 1 rings (SSSR count). The van der Waals surface area contributed by atoms with Crippen LogP contribution in [0.25, 0.3) is 0 Å². The minimum absolute atomic E-state index is 0.405. The standard InChI is InChI=1S/C11H13ClN2O3/c1-13(2)11(17)14(7-10(15)16)9-5-3-4-8(12)6-9/h3-6H,7H2,1-2H3,(H,15,16). The number of carboxylic acids is 1. The van der Waals surface area contributed by atoms with Gasteiger partial charge in [-0.2, -0.15) is 0 Å². The molecule has 0 saturated carbocycles. The first-order valence-electron chi connectivity index (χ1n) is 4.88. The van der Waals surface area contributed by atoms with Gasteiger partial charge in [0.1, 0.15) is 6.54 Å². The number of hydrogen-bond donors (Lipinski definition) is 1. The second-order valence-corrected chi connectivity index (χ2v) is 4.07. The topological polar surface area (TPSA) is 60.9 Å². The van der Waals surface area contributed by atoms with Crippen LogP contribution in [0.2, 0.25) is 5.02 Å². The van der Waals surface area contributed by atoms with Gasteiger partial charge in [-0.05, 0) is 18.2 Å². The van der Waals surface area contributed by atoms with Crippen molar-refractivity contribution < 1.29 is 14.7 Å². The van der Waals surface area contributed by atoms with Gasteiger partial charge in [-0.25, -0.2) is 4.79 Å². The van der Waals surface area contributed by atoms with E-state index >= 15 is 0 Å². The fourth-order valence-electron chi connectivity index (χ4n) is 1.29. The molecule has 2 amide bonds. The summed E-state index contributed by atoms with van der Waals surface area (Å²) in [7, 11) is 3.11. The van der Waals surface area contributed by atoms with Gasteiger partial charge in [0.05, 0.1) is 0 Å². The first-order valence-corrected chi connectivity index (χ1v) is 5.26. The van der Waals surface area contributed by atoms with Gasteiger partial charge in [-0.15, -0.1) is 0 Å². The molecule has 0 atom stereocenters. The van der Waals surface area contributed by atoms with Crippen LogP contribution in [-0.4, -0.2) is 42.6 Å². The second kappa shape index (κ2) is 5.54. The fourth-order valence-corrected chi connectivity index (χ4v) is 1.47. The SMILES string of the molecule is CN(C)C(=O)N(CC(=O)O)c1cccc(Cl)c1. The van der Waals surface area contributed by atoms with Gasteiger partial charge in [-0.1, -0.05) is 17.7 Å². The van der Waals surface area contributed by atoms with Gasteiger partial charge in [0.15, 0.2) is 0 Å². The molecule has 0 unspecified atom stereocenters. The number of amides is 2. The van der Waals surface area contributed by atoms with Crippen LogP contribution in [0.4, 0.5) is 10.5 Å². The van der Waals surface area contributed by atoms with E-state index in [1.807, 2.05) is 0 Å². The Morgan fingerprint density at radius 3 is 2.47 bits per heavy atom. The van der Waals surface area contributed by atoms with Crippen molar-refractivity contribution in [1.82, 2.24) is 4.90 Å². The van der Waals surface area contributed by atoms with E-state index in [1.54, 1.807) is 38.4 Å². The van der Waals surface area contributed by atoms with E-state index in [-0.39, 0.29) is 0 Å². The van der Waals surface area contributed by atoms with Gasteiger partial charge in [0, 0.05) is 24.8 Å². The number of halogens is 1. The molecule has 0 aromatic heterocycles. The monoisotopic (exact) mass is 256 g/mol. The third kappa shape index (κ3) is 3.64. The zero-order chi connectivity index (χ0) is 13.0. The van der Waals surface area contributed by atoms with Gasteiger partial charge >= 0.3 is 12.0 Å². The summed E-state index contributed by atoms with van der Waals surface area (Å²) >= 11 is 5.81. The van der Waals surface area contributed by atoms with Crippen LogP contribution in [0.5, 0.6) is 0 Å². The number of anilines is 1. The molecule has 5 nitrogen and oxygen atoms in total. The van der Waals surface area contributed by atoms with Crippen molar-refractivity contribution in [3.63, 3.8) is 0 Å². The van der Waals surface area contributed by atoms with Crippen LogP contribution in [0.3, 0.4) is 0 Å². The summed E-state index contributed by atoms with van der Waals surface area (Å²) in [6.45, 7) is -0.405. The van der Waals surface area contributed by atoms with E-state index in [2.05, 4.69) is 0 Å². The Balaban J connectivity index is 3.05. The molecule has 0 radical (unpaired) electrons. The van der Waals surface area contributed by atoms with Crippen LogP contribution >= 0.6 is 11.6 Å². The molecule has 92 valence electrons. The molecule has 6 heteroatoms. The first kappa shape index (κ1) is 13.3. The maximum atomic E-state index is 11.8. The molecule has 0 bridgehead atoms. The van der Waals surface area contributed by atoms with Crippen molar-refractivity contribution in [2.45, 2.75) is 0 Å². The number of hydrogen-bond acceptors (Lipinski definition) is 2. The van der Waals surface area contributed by atoms with E-state index < -0.39 is 18.5 Å². The number of carbonyl (C=O) groups is 2. The molecule has 1 aromatic rings. The van der Waals surface area contributed by atoms with Crippen LogP contribution in [0.15, 0.2) is 24.3 Å². The summed E-state index contributed by atoms with van der Waals surface area (Å²) in [5.41, 5.74) is 0.457. The van der Waals surface area contributed by atoms with Crippen molar-refractivity contribution in [2.24, 2.45) is 0 Å². The molecule has 0 saturated heterocycles. The molecule has 0 aliphatic carbocycles. The van der Waals surface area contributed by atoms with Crippen molar-refractivity contribution >= 4 is 29.3 Å². The average Bonchev–Trinajstić information content (AvgIpc) is 2.24. The zero-order valence-corrected chi connectivity index (χ0v) is 10.3. The number of carbonyl (C=O) groups excluding carboxylic acids is 1. The highest BCUT2D eigenvalue weighted by atomic mass is 35.5. The minimum Gasteiger partial charge on any atom is -0.480 e. The maximum absolute atomic E-state index is 11.8. The van der Waals surface area contributed by atoms with Gasteiger partial charge in [0.2, 0.25) is 0 Å². The fraction of sp³-hybridized carbons (Fsp3) is 0.273. The normalized spacial score (nSPS) is 9.82. The lowest BCUT2D eigenvalue weighted by Gasteiger charge is -2.24. The van der Waals surface area contributed by atoms with E-state index in [1.165, 1.54) is 4.90 Å². The average molecular weight is 257 g/mol. The Morgan fingerprint density at radius 2 is 2.00 bits per heavy atom. The molecule has 0 fully saturated rings. The van der Waals surface area contributed by atoms with Crippen molar-refractivity contribution in [2.75, 3.05) is 25.5 Å². The Kier molecular flexibility index (Phi) is 4.34. The number of benzene rings is 1. The number of aliphatic carboxylic acids is 1. The maximum Gasteiger partial charge on any atom is 0.324 e. The summed E-state index contributed by atoms with van der Waals surface area (Å²) < 4.78 is 0. The largest absolute Gasteiger partial charge is 0.480 e. The molecule has 1 N–H and O–H groups in total. The minimum atomic E-state index is -1.08. The predicted molar refractivity (Wildman–Crippen MR) is 65.5 cm³/mol. The Hall–Kier alpha value is -1.75. The van der Waals surface area contributed by atoms with Crippen LogP contribution in [0.1, 0.15) is 0 Å². The van der Waals surface area contributed by atoms with E-state index in [9.17, 15) is 9.59 Å². The third-order valence-corrected chi connectivity index (χ3v) is 2.26. The summed E-state index contributed by atoms with van der Waals surface area (Å²) in [4.78, 5) is 25.0. The molecular weight excluding hydrogens is 244 g/mol. The van der Waals surface area contributed by atoms with Crippen molar-refractivity contribution in [3.8, 4) is 0 Å². The summed E-state index contributed by atoms with van der Waals surface area (Å²) in [5.74, 6) is -1.08. The van der Waals surface area contributed by atoms with Gasteiger partial charge in [0.25, 0.3) is 0 Å². The highest BCUT2D eigenvalue weighted by Gasteiger charge is 2.20. The highest BCUT2D eigenvalue weighted by Crippen LogP contribution is 2.20. The Morgan fingerprint density at radius 1 is 1.35 bits per heavy atom. The lowest BCUT2D eigenvalue weighted by Crippen LogP contribution is -2.42. The second-order valence-electron chi connectivity index (χ2n) is 3.64. The van der Waals surface area contributed by atoms with Crippen LogP contribution < -0.4 is 4.90 Å². The first-order chi connectivity index (χ1) is 7.91. The number of rotatable bonds is 3. The van der Waals surface area contributed by atoms with E-state index in [0.29, 0.717) is 10.7 Å². The Bertz CT molecular complexity index is 434. The van der Waals surface area contributed by atoms with E-state index in [4.69, 9.17) is 16.7 Å². The molecule has 0 heterocycles. The van der Waals surface area contributed by atoms with Crippen LogP contribution in [-0.2, 0) is 4.79 Å². The van der Waals surface area contributed by atoms with Crippen molar-refractivity contribution in [1.29, 1.82) is 0 Å². The van der Waals surface area contributed by atoms with E-state index in [0.717, 1.165) is 4.90 Å². The third-order valence-electron chi connectivity index (χ3n) is 2.03. The molecule has 0 aliphatic rings. The predicted octanol–water partition coefficient (Wildman–Crippen LogP) is 1.91. The lowest BCUT2D eigenvalue weighted by atomic mass is 10.3. The molecule has 0 spiro atoms. The summed E-state index contributed by atoms with van der Waals surface area (Å²) in [6.07, 6.45) is 0. The quantitative estimate of drug-likeness (QED) is 0.899. The molecule has 1 aromatic carbocycles. The summed E-state index contributed by atoms with van der Waals surface area (Å²) in [5, 5.41) is 9.25. The van der Waals surface area contributed by atoms with Gasteiger partial charge in [-0.3, -0.25) is 9.69 Å². The molecular formula is C11H13ClN2O3. The number of carboxylic acid groups (broad SMARTS) is 1. The van der Waals surface area contributed by atoms with Gasteiger partial charge < -0.3 is 10.0 Å². The molecule has 17 heavy (non-hydrogen) atoms.